The maximum absolute atomic E-state index is 12.1. The number of nitrogens with zero attached hydrogens (tertiary/aromatic N) is 2. The van der Waals surface area contributed by atoms with Crippen molar-refractivity contribution in [1.82, 2.24) is 15.3 Å². The average molecular weight is 472 g/mol. The van der Waals surface area contributed by atoms with E-state index >= 15 is 0 Å². The maximum Gasteiger partial charge on any atom is 0.264 e. The van der Waals surface area contributed by atoms with Crippen LogP contribution in [-0.4, -0.2) is 57.1 Å². The summed E-state index contributed by atoms with van der Waals surface area (Å²) in [5.41, 5.74) is 4.24. The average Bonchev–Trinajstić information content (AvgIpc) is 3.21. The van der Waals surface area contributed by atoms with Crippen LogP contribution in [0.4, 0.5) is 0 Å². The maximum atomic E-state index is 12.1. The van der Waals surface area contributed by atoms with E-state index in [1.165, 1.54) is 12.4 Å². The lowest BCUT2D eigenvalue weighted by molar-refractivity contribution is -0.131. The molecule has 0 saturated heterocycles. The van der Waals surface area contributed by atoms with Gasteiger partial charge >= 0.3 is 0 Å². The van der Waals surface area contributed by atoms with Gasteiger partial charge in [-0.05, 0) is 49.2 Å². The molecule has 9 nitrogen and oxygen atoms in total. The fraction of sp³-hybridized carbons (Fsp3) is 0.304. The summed E-state index contributed by atoms with van der Waals surface area (Å²) in [6.07, 6.45) is 1.71. The fourth-order valence-corrected chi connectivity index (χ4v) is 4.07. The van der Waals surface area contributed by atoms with Crippen molar-refractivity contribution in [1.29, 1.82) is 0 Å². The number of hydroxylamine groups is 1. The number of aliphatic hydroxyl groups excluding tert-OH is 2. The smallest absolute Gasteiger partial charge is 0.264 e. The number of rotatable bonds is 7. The largest absolute Gasteiger partial charge is 0.393 e. The highest BCUT2D eigenvalue weighted by Gasteiger charge is 2.43. The van der Waals surface area contributed by atoms with Gasteiger partial charge in [0.1, 0.15) is 6.10 Å². The number of nitrogens with one attached hydrogen (secondary N) is 1. The van der Waals surface area contributed by atoms with Crippen LogP contribution >= 0.6 is 0 Å². The first-order chi connectivity index (χ1) is 15.6. The summed E-state index contributed by atoms with van der Waals surface area (Å²) in [5.74, 6) is 5.12. The number of hydrogen-bond acceptors (Lipinski definition) is 7. The molecule has 4 N–H and O–H groups in total. The SMILES string of the molecule is C[C@@](CCn1cc2cc(C#Cc3ccc([C@@H](O)CO)cc3)ccc2n1)(C(=O)NO)S(C)(=O)=O. The topological polar surface area (TPSA) is 142 Å². The predicted octanol–water partition coefficient (Wildman–Crippen LogP) is 1.16. The van der Waals surface area contributed by atoms with Gasteiger partial charge in [-0.1, -0.05) is 24.0 Å². The van der Waals surface area contributed by atoms with E-state index in [2.05, 4.69) is 16.9 Å². The lowest BCUT2D eigenvalue weighted by Crippen LogP contribution is -2.49. The van der Waals surface area contributed by atoms with Crippen LogP contribution < -0.4 is 5.48 Å². The summed E-state index contributed by atoms with van der Waals surface area (Å²) in [7, 11) is -3.78. The molecule has 2 aromatic carbocycles. The van der Waals surface area contributed by atoms with Gasteiger partial charge in [-0.25, -0.2) is 13.9 Å². The second-order valence-electron chi connectivity index (χ2n) is 7.93. The third kappa shape index (κ3) is 5.40. The quantitative estimate of drug-likeness (QED) is 0.230. The molecule has 174 valence electrons. The van der Waals surface area contributed by atoms with E-state index in [0.29, 0.717) is 11.1 Å². The van der Waals surface area contributed by atoms with Crippen molar-refractivity contribution in [3.8, 4) is 11.8 Å². The Kier molecular flexibility index (Phi) is 7.19. The van der Waals surface area contributed by atoms with Crippen LogP contribution in [0.3, 0.4) is 0 Å². The van der Waals surface area contributed by atoms with E-state index in [0.717, 1.165) is 22.8 Å². The van der Waals surface area contributed by atoms with E-state index in [-0.39, 0.29) is 19.6 Å². The van der Waals surface area contributed by atoms with Crippen LogP contribution in [-0.2, 0) is 21.2 Å². The molecule has 1 heterocycles. The number of aryl methyl sites for hydroxylation is 1. The van der Waals surface area contributed by atoms with Crippen molar-refractivity contribution in [3.05, 3.63) is 65.4 Å². The summed E-state index contributed by atoms with van der Waals surface area (Å²) < 4.78 is 24.0. The number of carbonyl (C=O) groups excluding carboxylic acids is 1. The van der Waals surface area contributed by atoms with Gasteiger partial charge in [0.05, 0.1) is 12.1 Å². The zero-order valence-electron chi connectivity index (χ0n) is 18.2. The van der Waals surface area contributed by atoms with Gasteiger partial charge in [0.15, 0.2) is 14.6 Å². The molecule has 10 heteroatoms. The highest BCUT2D eigenvalue weighted by atomic mass is 32.2. The first-order valence-corrected chi connectivity index (χ1v) is 12.0. The van der Waals surface area contributed by atoms with E-state index in [4.69, 9.17) is 10.3 Å². The Balaban J connectivity index is 1.77. The zero-order valence-corrected chi connectivity index (χ0v) is 19.0. The molecule has 0 bridgehead atoms. The van der Waals surface area contributed by atoms with Crippen molar-refractivity contribution in [2.45, 2.75) is 30.7 Å². The molecule has 0 fully saturated rings. The molecule has 1 amide bonds. The van der Waals surface area contributed by atoms with Crippen LogP contribution in [0.25, 0.3) is 10.9 Å². The number of fused-ring (bicyclic) bond motifs is 1. The van der Waals surface area contributed by atoms with Crippen LogP contribution in [0.1, 0.15) is 36.1 Å². The number of aliphatic hydroxyl groups is 2. The monoisotopic (exact) mass is 471 g/mol. The van der Waals surface area contributed by atoms with Crippen LogP contribution in [0.15, 0.2) is 48.7 Å². The summed E-state index contributed by atoms with van der Waals surface area (Å²) in [6, 6.07) is 12.4. The highest BCUT2D eigenvalue weighted by Crippen LogP contribution is 2.23. The third-order valence-corrected chi connectivity index (χ3v) is 7.62. The molecule has 0 aliphatic carbocycles. The molecule has 0 aliphatic rings. The fourth-order valence-electron chi connectivity index (χ4n) is 3.22. The van der Waals surface area contributed by atoms with Crippen molar-refractivity contribution in [3.63, 3.8) is 0 Å². The van der Waals surface area contributed by atoms with Gasteiger partial charge in [0, 0.05) is 35.5 Å². The number of aromatic nitrogens is 2. The van der Waals surface area contributed by atoms with E-state index in [1.54, 1.807) is 41.2 Å². The molecule has 2 atom stereocenters. The summed E-state index contributed by atoms with van der Waals surface area (Å²) in [6.45, 7) is 1.07. The highest BCUT2D eigenvalue weighted by molar-refractivity contribution is 7.92. The Morgan fingerprint density at radius 2 is 1.82 bits per heavy atom. The normalized spacial score (nSPS) is 14.2. The van der Waals surface area contributed by atoms with Crippen molar-refractivity contribution < 1.29 is 28.6 Å². The zero-order chi connectivity index (χ0) is 24.2. The number of amides is 1. The summed E-state index contributed by atoms with van der Waals surface area (Å²) in [5, 5.41) is 32.8. The number of benzene rings is 2. The molecule has 0 spiro atoms. The molecule has 33 heavy (non-hydrogen) atoms. The van der Waals surface area contributed by atoms with Crippen molar-refractivity contribution in [2.75, 3.05) is 12.9 Å². The van der Waals surface area contributed by atoms with E-state index in [1.807, 2.05) is 12.1 Å². The third-order valence-electron chi connectivity index (χ3n) is 5.59. The second-order valence-corrected chi connectivity index (χ2v) is 10.4. The molecule has 0 radical (unpaired) electrons. The van der Waals surface area contributed by atoms with Crippen LogP contribution in [0.5, 0.6) is 0 Å². The summed E-state index contributed by atoms with van der Waals surface area (Å²) >= 11 is 0. The first kappa shape index (κ1) is 24.4. The molecular weight excluding hydrogens is 446 g/mol. The van der Waals surface area contributed by atoms with E-state index in [9.17, 15) is 18.3 Å². The standard InChI is InChI=1S/C23H25N3O6S/c1-23(22(29)25-30,33(2,31)32)11-12-26-14-19-13-17(7-10-20(19)24-26)4-3-16-5-8-18(9-6-16)21(28)15-27/h5-10,13-14,21,27-28,30H,11-12,15H2,1-2H3,(H,25,29)/t21-,23+/m0/s1. The van der Waals surface area contributed by atoms with Gasteiger partial charge < -0.3 is 10.2 Å². The Morgan fingerprint density at radius 1 is 1.18 bits per heavy atom. The minimum atomic E-state index is -3.78. The van der Waals surface area contributed by atoms with Crippen molar-refractivity contribution >= 4 is 26.6 Å². The molecule has 1 aromatic heterocycles. The van der Waals surface area contributed by atoms with Crippen LogP contribution in [0, 0.1) is 11.8 Å². The minimum absolute atomic E-state index is 0.0696. The van der Waals surface area contributed by atoms with Crippen molar-refractivity contribution in [2.24, 2.45) is 0 Å². The van der Waals surface area contributed by atoms with E-state index < -0.39 is 26.6 Å². The molecule has 0 unspecified atom stereocenters. The lowest BCUT2D eigenvalue weighted by Gasteiger charge is -2.24. The number of hydrogen-bond donors (Lipinski definition) is 4. The Labute approximate surface area is 191 Å². The number of sulfone groups is 1. The van der Waals surface area contributed by atoms with Gasteiger partial charge in [-0.15, -0.1) is 0 Å². The van der Waals surface area contributed by atoms with Gasteiger partial charge in [-0.2, -0.15) is 5.10 Å². The minimum Gasteiger partial charge on any atom is -0.393 e. The predicted molar refractivity (Wildman–Crippen MR) is 122 cm³/mol. The van der Waals surface area contributed by atoms with Gasteiger partial charge in [0.25, 0.3) is 5.91 Å². The van der Waals surface area contributed by atoms with Crippen LogP contribution in [0.2, 0.25) is 0 Å². The van der Waals surface area contributed by atoms with Gasteiger partial charge in [0.2, 0.25) is 0 Å². The molecule has 3 aromatic rings. The molecule has 3 rings (SSSR count). The Bertz CT molecular complexity index is 1320. The molecular formula is C23H25N3O6S. The lowest BCUT2D eigenvalue weighted by atomic mass is 10.1. The number of carbonyl (C=O) groups is 1. The first-order valence-electron chi connectivity index (χ1n) is 10.1. The Morgan fingerprint density at radius 3 is 2.42 bits per heavy atom. The summed E-state index contributed by atoms with van der Waals surface area (Å²) in [4.78, 5) is 12.0. The second kappa shape index (κ2) is 9.72. The van der Waals surface area contributed by atoms with Gasteiger partial charge in [-0.3, -0.25) is 14.7 Å². The molecule has 0 aliphatic heterocycles. The molecule has 0 saturated carbocycles. The Hall–Kier alpha value is -3.23.